The first kappa shape index (κ1) is 10.9. The van der Waals surface area contributed by atoms with Crippen LogP contribution in [0.25, 0.3) is 0 Å². The number of hydrogen-bond acceptors (Lipinski definition) is 2. The van der Waals surface area contributed by atoms with Crippen LogP contribution < -0.4 is 0 Å². The molecule has 0 atom stereocenters. The first-order chi connectivity index (χ1) is 3.68. The van der Waals surface area contributed by atoms with E-state index in [1.165, 1.54) is 0 Å². The van der Waals surface area contributed by atoms with Gasteiger partial charge in [0.05, 0.1) is 0 Å². The molecule has 0 saturated heterocycles. The molecule has 0 spiro atoms. The lowest BCUT2D eigenvalue weighted by Gasteiger charge is -1.78. The predicted octanol–water partition coefficient (Wildman–Crippen LogP) is -1.59. The van der Waals surface area contributed by atoms with E-state index in [9.17, 15) is 4.79 Å². The van der Waals surface area contributed by atoms with Crippen molar-refractivity contribution in [3.63, 3.8) is 0 Å². The molecule has 0 rings (SSSR count). The Balaban J connectivity index is 0. The minimum atomic E-state index is 0.204. The zero-order chi connectivity index (χ0) is 6.99. The molecular formula is C4H14O2Si2. The molecule has 0 aromatic rings. The molecule has 0 fully saturated rings. The van der Waals surface area contributed by atoms with Gasteiger partial charge in [-0.1, -0.05) is 13.8 Å². The Hall–Kier alpha value is 0.0638. The van der Waals surface area contributed by atoms with Crippen LogP contribution in [0.1, 0.15) is 13.8 Å². The second-order valence-corrected chi connectivity index (χ2v) is 5.05. The maximum atomic E-state index is 9.50. The van der Waals surface area contributed by atoms with Crippen molar-refractivity contribution in [1.82, 2.24) is 0 Å². The summed E-state index contributed by atoms with van der Waals surface area (Å²) < 4.78 is 4.53. The van der Waals surface area contributed by atoms with Crippen molar-refractivity contribution >= 4 is 27.3 Å². The Morgan fingerprint density at radius 2 is 1.62 bits per heavy atom. The average molecular weight is 150 g/mol. The minimum absolute atomic E-state index is 0.204. The van der Waals surface area contributed by atoms with Crippen molar-refractivity contribution in [1.29, 1.82) is 0 Å². The third-order valence-electron chi connectivity index (χ3n) is 0.272. The minimum Gasteiger partial charge on any atom is -0.471 e. The third kappa shape index (κ3) is 36.5. The summed E-state index contributed by atoms with van der Waals surface area (Å²) in [5, 5.41) is 0. The summed E-state index contributed by atoms with van der Waals surface area (Å²) in [5.41, 5.74) is 0. The molecule has 4 heteroatoms. The van der Waals surface area contributed by atoms with Gasteiger partial charge in [0.15, 0.2) is 0 Å². The van der Waals surface area contributed by atoms with Crippen LogP contribution in [0.4, 0.5) is 0 Å². The number of rotatable bonds is 1. The molecule has 0 aromatic heterocycles. The van der Waals surface area contributed by atoms with Crippen molar-refractivity contribution in [2.24, 2.45) is 5.92 Å². The van der Waals surface area contributed by atoms with Gasteiger partial charge in [-0.15, -0.1) is 0 Å². The Kier molecular flexibility index (Phi) is 13.9. The molecule has 0 radical (unpaired) electrons. The normalized spacial score (nSPS) is 8.38. The van der Waals surface area contributed by atoms with Gasteiger partial charge >= 0.3 is 0 Å². The van der Waals surface area contributed by atoms with Crippen LogP contribution in [0.3, 0.4) is 0 Å². The van der Waals surface area contributed by atoms with E-state index in [2.05, 4.69) is 4.12 Å². The predicted molar refractivity (Wildman–Crippen MR) is 41.9 cm³/mol. The van der Waals surface area contributed by atoms with Crippen molar-refractivity contribution in [3.05, 3.63) is 0 Å². The van der Waals surface area contributed by atoms with Crippen LogP contribution in [0.15, 0.2) is 0 Å². The first-order valence-electron chi connectivity index (χ1n) is 2.54. The fraction of sp³-hybridized carbons (Fsp3) is 0.750. The van der Waals surface area contributed by atoms with Crippen LogP contribution in [0.5, 0.6) is 0 Å². The van der Waals surface area contributed by atoms with Crippen LogP contribution in [-0.4, -0.2) is 27.3 Å². The number of carbonyl (C=O) groups excluding carboxylic acids is 1. The molecule has 0 bridgehead atoms. The lowest BCUT2D eigenvalue weighted by Crippen LogP contribution is -1.82. The summed E-state index contributed by atoms with van der Waals surface area (Å²) >= 11 is 0. The molecule has 50 valence electrons. The Bertz CT molecular complexity index is 47.3. The molecule has 0 N–H and O–H groups in total. The molecule has 0 amide bonds. The van der Waals surface area contributed by atoms with Crippen LogP contribution in [-0.2, 0) is 8.91 Å². The molecule has 0 heterocycles. The summed E-state index contributed by atoms with van der Waals surface area (Å²) in [4.78, 5) is 9.50. The maximum absolute atomic E-state index is 9.50. The highest BCUT2D eigenvalue weighted by molar-refractivity contribution is 6.15. The fourth-order valence-corrected chi connectivity index (χ4v) is 0. The summed E-state index contributed by atoms with van der Waals surface area (Å²) in [7, 11) is 1.86. The Morgan fingerprint density at radius 3 is 1.62 bits per heavy atom. The summed E-state index contributed by atoms with van der Waals surface area (Å²) in [6.07, 6.45) is 0.917. The summed E-state index contributed by atoms with van der Waals surface area (Å²) in [5.74, 6) is 0.204. The number of aldehydes is 1. The van der Waals surface area contributed by atoms with E-state index in [0.717, 1.165) is 27.3 Å². The molecule has 0 aromatic carbocycles. The van der Waals surface area contributed by atoms with Gasteiger partial charge in [-0.25, -0.2) is 0 Å². The van der Waals surface area contributed by atoms with Gasteiger partial charge in [-0.05, 0) is 0 Å². The molecule has 0 aliphatic carbocycles. The molecule has 2 nitrogen and oxygen atoms in total. The van der Waals surface area contributed by atoms with Crippen molar-refractivity contribution in [2.45, 2.75) is 13.8 Å². The second kappa shape index (κ2) is 10.1. The van der Waals surface area contributed by atoms with E-state index in [0.29, 0.717) is 0 Å². The van der Waals surface area contributed by atoms with Gasteiger partial charge in [0.2, 0.25) is 0 Å². The highest BCUT2D eigenvalue weighted by Gasteiger charge is 1.79. The molecule has 0 saturated carbocycles. The standard InChI is InChI=1S/C4H8O.H6OSi2/c1-4(2)3-5;2-1-3/h3-4H,1-2H3;2-3H3. The molecule has 8 heavy (non-hydrogen) atoms. The van der Waals surface area contributed by atoms with Gasteiger partial charge in [0.25, 0.3) is 0 Å². The van der Waals surface area contributed by atoms with E-state index < -0.39 is 0 Å². The smallest absolute Gasteiger partial charge is 0.129 e. The lowest BCUT2D eigenvalue weighted by molar-refractivity contribution is -0.110. The largest absolute Gasteiger partial charge is 0.471 e. The van der Waals surface area contributed by atoms with E-state index in [-0.39, 0.29) is 5.92 Å². The van der Waals surface area contributed by atoms with Crippen molar-refractivity contribution in [3.8, 4) is 0 Å². The second-order valence-electron chi connectivity index (χ2n) is 1.79. The van der Waals surface area contributed by atoms with Gasteiger partial charge in [-0.3, -0.25) is 0 Å². The maximum Gasteiger partial charge on any atom is 0.129 e. The number of hydrogen-bond donors (Lipinski definition) is 0. The highest BCUT2D eigenvalue weighted by Crippen LogP contribution is 1.78. The topological polar surface area (TPSA) is 26.3 Å². The van der Waals surface area contributed by atoms with Crippen molar-refractivity contribution in [2.75, 3.05) is 0 Å². The van der Waals surface area contributed by atoms with E-state index >= 15 is 0 Å². The van der Waals surface area contributed by atoms with E-state index in [1.807, 2.05) is 13.8 Å². The third-order valence-corrected chi connectivity index (χ3v) is 0.272. The van der Waals surface area contributed by atoms with Gasteiger partial charge in [0.1, 0.15) is 27.3 Å². The molecular weight excluding hydrogens is 136 g/mol. The fourth-order valence-electron chi connectivity index (χ4n) is 0. The van der Waals surface area contributed by atoms with Crippen molar-refractivity contribution < 1.29 is 8.91 Å². The summed E-state index contributed by atoms with van der Waals surface area (Å²) in [6, 6.07) is 0. The zero-order valence-corrected chi connectivity index (χ0v) is 9.97. The monoisotopic (exact) mass is 150 g/mol. The molecule has 0 unspecified atom stereocenters. The molecule has 0 aliphatic heterocycles. The zero-order valence-electron chi connectivity index (χ0n) is 5.97. The van der Waals surface area contributed by atoms with E-state index in [4.69, 9.17) is 0 Å². The van der Waals surface area contributed by atoms with Gasteiger partial charge < -0.3 is 8.91 Å². The Morgan fingerprint density at radius 1 is 1.50 bits per heavy atom. The molecule has 0 aliphatic rings. The highest BCUT2D eigenvalue weighted by atomic mass is 28.3. The Labute approximate surface area is 56.7 Å². The lowest BCUT2D eigenvalue weighted by atomic mass is 10.3. The van der Waals surface area contributed by atoms with Gasteiger partial charge in [-0.2, -0.15) is 0 Å². The van der Waals surface area contributed by atoms with Crippen LogP contribution >= 0.6 is 0 Å². The first-order valence-corrected chi connectivity index (χ1v) is 4.17. The summed E-state index contributed by atoms with van der Waals surface area (Å²) in [6.45, 7) is 3.71. The SMILES string of the molecule is CC(C)C=O.[SiH3]O[SiH3]. The van der Waals surface area contributed by atoms with Crippen LogP contribution in [0, 0.1) is 5.92 Å². The average Bonchev–Trinajstić information content (AvgIpc) is 1.69. The quantitative estimate of drug-likeness (QED) is 0.333. The van der Waals surface area contributed by atoms with Gasteiger partial charge in [0, 0.05) is 5.92 Å². The van der Waals surface area contributed by atoms with E-state index in [1.54, 1.807) is 0 Å². The van der Waals surface area contributed by atoms with Crippen LogP contribution in [0.2, 0.25) is 0 Å². The number of carbonyl (C=O) groups is 1.